The molecule has 0 aromatic carbocycles. The quantitative estimate of drug-likeness (QED) is 0.620. The van der Waals surface area contributed by atoms with Crippen LogP contribution < -0.4 is 0 Å². The predicted molar refractivity (Wildman–Crippen MR) is 47.6 cm³/mol. The Balaban J connectivity index is 2.15. The molecule has 0 spiro atoms. The Hall–Kier alpha value is -1.16. The van der Waals surface area contributed by atoms with Gasteiger partial charge in [0.15, 0.2) is 17.1 Å². The van der Waals surface area contributed by atoms with Gasteiger partial charge in [-0.05, 0) is 13.0 Å². The van der Waals surface area contributed by atoms with Crippen molar-refractivity contribution in [2.24, 2.45) is 0 Å². The molecule has 4 nitrogen and oxygen atoms in total. The van der Waals surface area contributed by atoms with Crippen molar-refractivity contribution in [1.29, 1.82) is 0 Å². The molecule has 14 heavy (non-hydrogen) atoms. The molecular formula is C10H12O4. The van der Waals surface area contributed by atoms with Crippen LogP contribution >= 0.6 is 0 Å². The van der Waals surface area contributed by atoms with Crippen LogP contribution in [0, 0.1) is 0 Å². The molecule has 2 heterocycles. The van der Waals surface area contributed by atoms with Gasteiger partial charge in [-0.2, -0.15) is 0 Å². The van der Waals surface area contributed by atoms with Gasteiger partial charge in [-0.25, -0.2) is 0 Å². The number of fused-ring (bicyclic) bond motifs is 2. The Kier molecular flexibility index (Phi) is 2.15. The van der Waals surface area contributed by atoms with Gasteiger partial charge in [0, 0.05) is 13.0 Å². The molecule has 0 amide bonds. The van der Waals surface area contributed by atoms with Crippen molar-refractivity contribution in [1.82, 2.24) is 0 Å². The summed E-state index contributed by atoms with van der Waals surface area (Å²) < 4.78 is 10.6. The van der Waals surface area contributed by atoms with E-state index in [-0.39, 0.29) is 24.6 Å². The largest absolute Gasteiger partial charge is 0.473 e. The first-order valence-corrected chi connectivity index (χ1v) is 4.71. The van der Waals surface area contributed by atoms with Crippen LogP contribution in [0.5, 0.6) is 0 Å². The zero-order valence-corrected chi connectivity index (χ0v) is 8.04. The fourth-order valence-electron chi connectivity index (χ4n) is 1.72. The van der Waals surface area contributed by atoms with Gasteiger partial charge in [-0.3, -0.25) is 9.59 Å². The second kappa shape index (κ2) is 3.20. The lowest BCUT2D eigenvalue weighted by Gasteiger charge is -2.30. The van der Waals surface area contributed by atoms with E-state index >= 15 is 0 Å². The minimum absolute atomic E-state index is 0.0428. The molecule has 0 radical (unpaired) electrons. The standard InChI is InChI=1S/C10H12O4/c1-2-13-6-10-4-3-8(14-10)7(11)5-9(10)12/h3H,2,4-6H2,1H3/t10-/m0/s1. The maximum atomic E-state index is 11.6. The molecular weight excluding hydrogens is 184 g/mol. The Morgan fingerprint density at radius 2 is 2.36 bits per heavy atom. The summed E-state index contributed by atoms with van der Waals surface area (Å²) in [6, 6.07) is 0. The van der Waals surface area contributed by atoms with Crippen LogP contribution in [0.2, 0.25) is 0 Å². The lowest BCUT2D eigenvalue weighted by molar-refractivity contribution is -0.154. The molecule has 0 aromatic heterocycles. The first-order valence-electron chi connectivity index (χ1n) is 4.71. The summed E-state index contributed by atoms with van der Waals surface area (Å²) in [7, 11) is 0. The molecule has 1 fully saturated rings. The third kappa shape index (κ3) is 1.26. The molecule has 1 atom stereocenters. The van der Waals surface area contributed by atoms with E-state index < -0.39 is 5.60 Å². The summed E-state index contributed by atoms with van der Waals surface area (Å²) in [5, 5.41) is 0. The molecule has 2 rings (SSSR count). The number of allylic oxidation sites excluding steroid dienone is 1. The number of carbonyl (C=O) groups excluding carboxylic acids is 2. The summed E-state index contributed by atoms with van der Waals surface area (Å²) in [6.45, 7) is 2.65. The van der Waals surface area contributed by atoms with E-state index in [0.717, 1.165) is 0 Å². The average molecular weight is 196 g/mol. The van der Waals surface area contributed by atoms with Crippen LogP contribution in [0.15, 0.2) is 11.8 Å². The highest BCUT2D eigenvalue weighted by atomic mass is 16.6. The van der Waals surface area contributed by atoms with Gasteiger partial charge in [0.05, 0.1) is 13.0 Å². The highest BCUT2D eigenvalue weighted by Gasteiger charge is 2.50. The summed E-state index contributed by atoms with van der Waals surface area (Å²) in [5.41, 5.74) is -0.890. The van der Waals surface area contributed by atoms with Crippen molar-refractivity contribution >= 4 is 11.6 Å². The van der Waals surface area contributed by atoms with Crippen LogP contribution in [0.4, 0.5) is 0 Å². The molecule has 2 aliphatic rings. The smallest absolute Gasteiger partial charge is 0.204 e. The van der Waals surface area contributed by atoms with E-state index in [2.05, 4.69) is 0 Å². The van der Waals surface area contributed by atoms with E-state index in [0.29, 0.717) is 18.8 Å². The first-order chi connectivity index (χ1) is 6.68. The fourth-order valence-corrected chi connectivity index (χ4v) is 1.72. The number of carbonyl (C=O) groups is 2. The third-order valence-corrected chi connectivity index (χ3v) is 2.57. The van der Waals surface area contributed by atoms with Crippen LogP contribution in [0.3, 0.4) is 0 Å². The number of rotatable bonds is 3. The molecule has 76 valence electrons. The Bertz CT molecular complexity index is 318. The number of Topliss-reactive ketones (excluding diaryl/α,β-unsaturated/α-hetero) is 2. The summed E-state index contributed by atoms with van der Waals surface area (Å²) in [4.78, 5) is 22.9. The van der Waals surface area contributed by atoms with Crippen LogP contribution in [-0.2, 0) is 19.1 Å². The van der Waals surface area contributed by atoms with E-state index in [1.807, 2.05) is 6.92 Å². The maximum absolute atomic E-state index is 11.6. The minimum Gasteiger partial charge on any atom is -0.473 e. The van der Waals surface area contributed by atoms with Crippen LogP contribution in [0.25, 0.3) is 0 Å². The van der Waals surface area contributed by atoms with Gasteiger partial charge in [0.1, 0.15) is 0 Å². The zero-order chi connectivity index (χ0) is 10.2. The predicted octanol–water partition coefficient (Wildman–Crippen LogP) is 0.608. The maximum Gasteiger partial charge on any atom is 0.204 e. The SMILES string of the molecule is CCOC[C@]12CC=C(O1)C(=O)CC2=O. The highest BCUT2D eigenvalue weighted by Crippen LogP contribution is 2.36. The van der Waals surface area contributed by atoms with E-state index in [1.54, 1.807) is 6.08 Å². The molecule has 1 saturated heterocycles. The number of hydrogen-bond donors (Lipinski definition) is 0. The Morgan fingerprint density at radius 1 is 1.57 bits per heavy atom. The van der Waals surface area contributed by atoms with Gasteiger partial charge in [-0.1, -0.05) is 0 Å². The average Bonchev–Trinajstić information content (AvgIpc) is 2.55. The van der Waals surface area contributed by atoms with Crippen molar-refractivity contribution in [3.8, 4) is 0 Å². The van der Waals surface area contributed by atoms with Gasteiger partial charge in [0.2, 0.25) is 5.78 Å². The van der Waals surface area contributed by atoms with E-state index in [9.17, 15) is 9.59 Å². The van der Waals surface area contributed by atoms with E-state index in [1.165, 1.54) is 0 Å². The fraction of sp³-hybridized carbons (Fsp3) is 0.600. The summed E-state index contributed by atoms with van der Waals surface area (Å²) in [6.07, 6.45) is 2.11. The topological polar surface area (TPSA) is 52.6 Å². The molecule has 2 aliphatic heterocycles. The third-order valence-electron chi connectivity index (χ3n) is 2.57. The monoisotopic (exact) mass is 196 g/mol. The number of ketones is 2. The van der Waals surface area contributed by atoms with Crippen LogP contribution in [-0.4, -0.2) is 30.4 Å². The van der Waals surface area contributed by atoms with Gasteiger partial charge >= 0.3 is 0 Å². The molecule has 0 aromatic rings. The molecule has 2 bridgehead atoms. The molecule has 0 unspecified atom stereocenters. The minimum atomic E-state index is -0.890. The summed E-state index contributed by atoms with van der Waals surface area (Å²) >= 11 is 0. The molecule has 0 saturated carbocycles. The van der Waals surface area contributed by atoms with E-state index in [4.69, 9.17) is 9.47 Å². The summed E-state index contributed by atoms with van der Waals surface area (Å²) in [5.74, 6) is -0.0302. The number of ether oxygens (including phenoxy) is 2. The highest BCUT2D eigenvalue weighted by molar-refractivity contribution is 6.13. The van der Waals surface area contributed by atoms with Gasteiger partial charge in [-0.15, -0.1) is 0 Å². The van der Waals surface area contributed by atoms with Gasteiger partial charge in [0.25, 0.3) is 0 Å². The Morgan fingerprint density at radius 3 is 3.07 bits per heavy atom. The van der Waals surface area contributed by atoms with Crippen LogP contribution in [0.1, 0.15) is 19.8 Å². The lowest BCUT2D eigenvalue weighted by atomic mass is 9.93. The molecule has 0 N–H and O–H groups in total. The number of hydrogen-bond acceptors (Lipinski definition) is 4. The van der Waals surface area contributed by atoms with Crippen molar-refractivity contribution in [2.75, 3.05) is 13.2 Å². The van der Waals surface area contributed by atoms with Crippen molar-refractivity contribution < 1.29 is 19.1 Å². The molecule has 0 aliphatic carbocycles. The Labute approximate surface area is 81.9 Å². The molecule has 4 heteroatoms. The second-order valence-corrected chi connectivity index (χ2v) is 3.53. The zero-order valence-electron chi connectivity index (χ0n) is 8.04. The second-order valence-electron chi connectivity index (χ2n) is 3.53. The van der Waals surface area contributed by atoms with Crippen molar-refractivity contribution in [2.45, 2.75) is 25.4 Å². The first kappa shape index (κ1) is 9.40. The normalized spacial score (nSPS) is 30.2. The van der Waals surface area contributed by atoms with Gasteiger partial charge < -0.3 is 9.47 Å². The lowest BCUT2D eigenvalue weighted by Crippen LogP contribution is -2.47. The van der Waals surface area contributed by atoms with Crippen molar-refractivity contribution in [3.05, 3.63) is 11.8 Å². The van der Waals surface area contributed by atoms with Crippen molar-refractivity contribution in [3.63, 3.8) is 0 Å².